The summed E-state index contributed by atoms with van der Waals surface area (Å²) in [4.78, 5) is 2.59. The summed E-state index contributed by atoms with van der Waals surface area (Å²) in [5, 5.41) is 3.38. The van der Waals surface area contributed by atoms with Crippen LogP contribution < -0.4 is 11.1 Å². The minimum absolute atomic E-state index is 0.565. The summed E-state index contributed by atoms with van der Waals surface area (Å²) in [6.07, 6.45) is 10.9. The zero-order valence-electron chi connectivity index (χ0n) is 12.3. The summed E-state index contributed by atoms with van der Waals surface area (Å²) in [7, 11) is 0. The second-order valence-corrected chi connectivity index (χ2v) is 5.70. The molecule has 1 aliphatic heterocycles. The quantitative estimate of drug-likeness (QED) is 0.716. The normalized spacial score (nSPS) is 21.0. The second kappa shape index (κ2) is 10.8. The smallest absolute Gasteiger partial charge is 0.0107 e. The van der Waals surface area contributed by atoms with Crippen molar-refractivity contribution in [3.8, 4) is 0 Å². The molecule has 0 amide bonds. The number of unbranched alkanes of at least 4 members (excludes halogenated alkanes) is 4. The van der Waals surface area contributed by atoms with E-state index in [-0.39, 0.29) is 0 Å². The van der Waals surface area contributed by atoms with Crippen LogP contribution in [0.25, 0.3) is 0 Å². The minimum Gasteiger partial charge on any atom is -0.328 e. The van der Waals surface area contributed by atoms with Gasteiger partial charge in [-0.2, -0.15) is 0 Å². The van der Waals surface area contributed by atoms with Gasteiger partial charge in [0.15, 0.2) is 0 Å². The van der Waals surface area contributed by atoms with Gasteiger partial charge < -0.3 is 16.0 Å². The Kier molecular flexibility index (Phi) is 9.54. The van der Waals surface area contributed by atoms with Crippen LogP contribution in [-0.2, 0) is 0 Å². The third kappa shape index (κ3) is 8.06. The first kappa shape index (κ1) is 15.9. The summed E-state index contributed by atoms with van der Waals surface area (Å²) in [6, 6.07) is 0.565. The predicted molar refractivity (Wildman–Crippen MR) is 79.9 cm³/mol. The van der Waals surface area contributed by atoms with Gasteiger partial charge in [-0.1, -0.05) is 39.0 Å². The third-order valence-corrected chi connectivity index (χ3v) is 3.94. The van der Waals surface area contributed by atoms with Gasteiger partial charge in [0.1, 0.15) is 0 Å². The Hall–Kier alpha value is -0.120. The molecule has 0 aromatic heterocycles. The van der Waals surface area contributed by atoms with E-state index in [4.69, 9.17) is 5.73 Å². The lowest BCUT2D eigenvalue weighted by molar-refractivity contribution is 0.236. The number of rotatable bonds is 6. The summed E-state index contributed by atoms with van der Waals surface area (Å²) in [5.41, 5.74) is 5.38. The first-order valence-electron chi connectivity index (χ1n) is 8.01. The highest BCUT2D eigenvalue weighted by Gasteiger charge is 2.09. The topological polar surface area (TPSA) is 41.3 Å². The monoisotopic (exact) mass is 255 g/mol. The third-order valence-electron chi connectivity index (χ3n) is 3.94. The Labute approximate surface area is 113 Å². The molecule has 1 aliphatic carbocycles. The van der Waals surface area contributed by atoms with E-state index in [2.05, 4.69) is 17.1 Å². The van der Waals surface area contributed by atoms with Crippen molar-refractivity contribution in [2.24, 2.45) is 5.73 Å². The van der Waals surface area contributed by atoms with Crippen molar-refractivity contribution in [2.45, 2.75) is 64.3 Å². The lowest BCUT2D eigenvalue weighted by Crippen LogP contribution is -2.43. The van der Waals surface area contributed by atoms with Gasteiger partial charge in [-0.15, -0.1) is 0 Å². The van der Waals surface area contributed by atoms with Crippen molar-refractivity contribution in [2.75, 3.05) is 32.7 Å². The molecule has 2 fully saturated rings. The summed E-state index contributed by atoms with van der Waals surface area (Å²) < 4.78 is 0. The molecule has 0 aromatic carbocycles. The second-order valence-electron chi connectivity index (χ2n) is 5.70. The van der Waals surface area contributed by atoms with E-state index in [1.54, 1.807) is 0 Å². The van der Waals surface area contributed by atoms with E-state index in [1.165, 1.54) is 84.1 Å². The molecule has 0 bridgehead atoms. The number of nitrogens with one attached hydrogen (secondary N) is 1. The molecule has 108 valence electrons. The molecular formula is C15H33N3. The Morgan fingerprint density at radius 3 is 2.17 bits per heavy atom. The summed E-state index contributed by atoms with van der Waals surface area (Å²) >= 11 is 0. The Bertz CT molecular complexity index is 175. The van der Waals surface area contributed by atoms with Crippen LogP contribution in [0.2, 0.25) is 0 Å². The van der Waals surface area contributed by atoms with E-state index in [9.17, 15) is 0 Å². The van der Waals surface area contributed by atoms with Crippen LogP contribution in [0.4, 0.5) is 0 Å². The minimum atomic E-state index is 0.565. The maximum Gasteiger partial charge on any atom is 0.0107 e. The highest BCUT2D eigenvalue weighted by molar-refractivity contribution is 4.70. The van der Waals surface area contributed by atoms with Gasteiger partial charge in [0.2, 0.25) is 0 Å². The molecule has 18 heavy (non-hydrogen) atoms. The average Bonchev–Trinajstić information content (AvgIpc) is 2.38. The summed E-state index contributed by atoms with van der Waals surface area (Å²) in [6.45, 7) is 8.49. The van der Waals surface area contributed by atoms with Gasteiger partial charge in [0.25, 0.3) is 0 Å². The fourth-order valence-corrected chi connectivity index (χ4v) is 2.31. The van der Waals surface area contributed by atoms with Crippen LogP contribution in [0.1, 0.15) is 58.3 Å². The standard InChI is InChI=1S/C11H24N2.C4H9N/c1-2-3-4-5-6-9-13-10-7-12-8-11-13;5-4-2-1-3-4/h12H,2-11H2,1H3;4H,1-3,5H2. The van der Waals surface area contributed by atoms with Crippen LogP contribution in [0, 0.1) is 0 Å². The fraction of sp³-hybridized carbons (Fsp3) is 1.00. The molecule has 0 aromatic rings. The highest BCUT2D eigenvalue weighted by atomic mass is 15.2. The van der Waals surface area contributed by atoms with Crippen LogP contribution in [-0.4, -0.2) is 43.7 Å². The first-order chi connectivity index (χ1) is 8.83. The molecule has 0 radical (unpaired) electrons. The lowest BCUT2D eigenvalue weighted by atomic mass is 9.95. The van der Waals surface area contributed by atoms with Gasteiger partial charge in [0.05, 0.1) is 0 Å². The lowest BCUT2D eigenvalue weighted by Gasteiger charge is -2.26. The number of hydrogen-bond acceptors (Lipinski definition) is 3. The van der Waals surface area contributed by atoms with Crippen LogP contribution >= 0.6 is 0 Å². The van der Waals surface area contributed by atoms with E-state index >= 15 is 0 Å². The number of hydrogen-bond donors (Lipinski definition) is 2. The van der Waals surface area contributed by atoms with E-state index in [0.717, 1.165) is 0 Å². The van der Waals surface area contributed by atoms with Crippen LogP contribution in [0.15, 0.2) is 0 Å². The van der Waals surface area contributed by atoms with Crippen molar-refractivity contribution in [3.05, 3.63) is 0 Å². The summed E-state index contributed by atoms with van der Waals surface area (Å²) in [5.74, 6) is 0. The Balaban J connectivity index is 0.000000269. The molecular weight excluding hydrogens is 222 g/mol. The molecule has 3 N–H and O–H groups in total. The van der Waals surface area contributed by atoms with Gasteiger partial charge in [0, 0.05) is 32.2 Å². The van der Waals surface area contributed by atoms with E-state index in [1.807, 2.05) is 0 Å². The van der Waals surface area contributed by atoms with Crippen molar-refractivity contribution in [3.63, 3.8) is 0 Å². The van der Waals surface area contributed by atoms with Crippen molar-refractivity contribution in [1.29, 1.82) is 0 Å². The van der Waals surface area contributed by atoms with Gasteiger partial charge >= 0.3 is 0 Å². The number of nitrogens with two attached hydrogens (primary N) is 1. The molecule has 1 saturated heterocycles. The SMILES string of the molecule is CCCCCCCN1CCNCC1.NC1CCC1. The van der Waals surface area contributed by atoms with Gasteiger partial charge in [-0.05, 0) is 25.8 Å². The number of nitrogens with zero attached hydrogens (tertiary/aromatic N) is 1. The van der Waals surface area contributed by atoms with Crippen molar-refractivity contribution < 1.29 is 0 Å². The molecule has 0 unspecified atom stereocenters. The molecule has 0 atom stereocenters. The molecule has 3 nitrogen and oxygen atoms in total. The van der Waals surface area contributed by atoms with Gasteiger partial charge in [-0.3, -0.25) is 0 Å². The maximum atomic E-state index is 5.38. The molecule has 1 saturated carbocycles. The van der Waals surface area contributed by atoms with Crippen molar-refractivity contribution >= 4 is 0 Å². The molecule has 1 heterocycles. The zero-order chi connectivity index (χ0) is 13.1. The van der Waals surface area contributed by atoms with E-state index < -0.39 is 0 Å². The van der Waals surface area contributed by atoms with Crippen molar-refractivity contribution in [1.82, 2.24) is 10.2 Å². The van der Waals surface area contributed by atoms with Crippen LogP contribution in [0.5, 0.6) is 0 Å². The maximum absolute atomic E-state index is 5.38. The average molecular weight is 255 g/mol. The highest BCUT2D eigenvalue weighted by Crippen LogP contribution is 2.14. The van der Waals surface area contributed by atoms with Crippen LogP contribution in [0.3, 0.4) is 0 Å². The first-order valence-corrected chi connectivity index (χ1v) is 8.01. The van der Waals surface area contributed by atoms with E-state index in [0.29, 0.717) is 6.04 Å². The Morgan fingerprint density at radius 2 is 1.67 bits per heavy atom. The predicted octanol–water partition coefficient (Wildman–Crippen LogP) is 2.36. The fourth-order valence-electron chi connectivity index (χ4n) is 2.31. The Morgan fingerprint density at radius 1 is 1.06 bits per heavy atom. The zero-order valence-corrected chi connectivity index (χ0v) is 12.3. The molecule has 2 rings (SSSR count). The largest absolute Gasteiger partial charge is 0.328 e. The van der Waals surface area contributed by atoms with Gasteiger partial charge in [-0.25, -0.2) is 0 Å². The molecule has 2 aliphatic rings. The number of piperazine rings is 1. The molecule has 0 spiro atoms. The molecule has 3 heteroatoms.